The Kier molecular flexibility index (Phi) is 7.20. The number of hydrogen-bond acceptors (Lipinski definition) is 6. The third-order valence-corrected chi connectivity index (χ3v) is 6.73. The Morgan fingerprint density at radius 3 is 2.47 bits per heavy atom. The van der Waals surface area contributed by atoms with Gasteiger partial charge in [-0.2, -0.15) is 5.26 Å². The van der Waals surface area contributed by atoms with Crippen LogP contribution in [0.5, 0.6) is 11.8 Å². The summed E-state index contributed by atoms with van der Waals surface area (Å²) in [5.41, 5.74) is 1.92. The molecule has 0 unspecified atom stereocenters. The number of amides is 1. The number of benzene rings is 1. The molecule has 174 valence electrons. The molecule has 0 spiro atoms. The van der Waals surface area contributed by atoms with Gasteiger partial charge in [0.05, 0.1) is 28.3 Å². The Morgan fingerprint density at radius 1 is 1.09 bits per heavy atom. The van der Waals surface area contributed by atoms with Gasteiger partial charge >= 0.3 is 0 Å². The second-order valence-electron chi connectivity index (χ2n) is 8.06. The maximum atomic E-state index is 13.3. The first-order chi connectivity index (χ1) is 16.4. The number of halogens is 2. The molecular formula is C25H22Cl2N4O3. The number of aromatic nitrogens is 2. The molecule has 1 aromatic carbocycles. The molecule has 0 saturated carbocycles. The fraction of sp³-hybridized carbons (Fsp3) is 0.280. The summed E-state index contributed by atoms with van der Waals surface area (Å²) in [6, 6.07) is 14.3. The Balaban J connectivity index is 1.59. The Hall–Kier alpha value is -3.34. The van der Waals surface area contributed by atoms with Crippen LogP contribution in [0.2, 0.25) is 10.0 Å². The van der Waals surface area contributed by atoms with Gasteiger partial charge in [-0.1, -0.05) is 29.3 Å². The zero-order chi connectivity index (χ0) is 24.2. The van der Waals surface area contributed by atoms with Crippen molar-refractivity contribution >= 4 is 29.1 Å². The number of ether oxygens (including phenoxy) is 2. The lowest BCUT2D eigenvalue weighted by Gasteiger charge is -2.25. The molecule has 1 saturated heterocycles. The number of rotatable bonds is 6. The average Bonchev–Trinajstić information content (AvgIpc) is 3.31. The highest BCUT2D eigenvalue weighted by Gasteiger charge is 2.40. The topological polar surface area (TPSA) is 88.3 Å². The predicted molar refractivity (Wildman–Crippen MR) is 128 cm³/mol. The first-order valence-corrected chi connectivity index (χ1v) is 11.4. The average molecular weight is 497 g/mol. The van der Waals surface area contributed by atoms with Crippen LogP contribution in [0.3, 0.4) is 0 Å². The minimum absolute atomic E-state index is 0.0293. The van der Waals surface area contributed by atoms with Crippen molar-refractivity contribution in [3.8, 4) is 17.8 Å². The van der Waals surface area contributed by atoms with Crippen LogP contribution in [0.15, 0.2) is 54.9 Å². The molecule has 0 N–H and O–H groups in total. The highest BCUT2D eigenvalue weighted by molar-refractivity contribution is 6.42. The summed E-state index contributed by atoms with van der Waals surface area (Å²) in [5.74, 6) is 0.680. The number of likely N-dealkylation sites (tertiary alicyclic amines) is 1. The summed E-state index contributed by atoms with van der Waals surface area (Å²) < 4.78 is 11.2. The molecule has 4 rings (SSSR count). The van der Waals surface area contributed by atoms with Crippen molar-refractivity contribution in [3.63, 3.8) is 0 Å². The second-order valence-corrected chi connectivity index (χ2v) is 8.88. The molecule has 1 amide bonds. The van der Waals surface area contributed by atoms with E-state index in [1.54, 1.807) is 35.2 Å². The summed E-state index contributed by atoms with van der Waals surface area (Å²) in [7, 11) is 1.53. The van der Waals surface area contributed by atoms with Crippen molar-refractivity contribution in [2.45, 2.75) is 18.9 Å². The SMILES string of the molecule is COc1ccc(C(=O)N2C[C@@H]([C@@H](C)Oc3ccc(C#N)cn3)[C@H](c3ccc(Cl)c(Cl)c3)C2)cn1. The van der Waals surface area contributed by atoms with E-state index < -0.39 is 0 Å². The molecule has 1 fully saturated rings. The summed E-state index contributed by atoms with van der Waals surface area (Å²) in [4.78, 5) is 23.4. The standard InChI is InChI=1S/C25H22Cl2N4O3/c1-15(34-24-7-3-16(10-28)11-29-24)19-13-31(25(32)18-5-8-23(33-2)30-12-18)14-20(19)17-4-6-21(26)22(27)9-17/h3-9,11-12,15,19-20H,13-14H2,1-2H3/t15-,19+,20+/m1/s1. The van der Waals surface area contributed by atoms with Crippen LogP contribution < -0.4 is 9.47 Å². The van der Waals surface area contributed by atoms with E-state index in [0.29, 0.717) is 46.0 Å². The highest BCUT2D eigenvalue weighted by atomic mass is 35.5. The number of hydrogen-bond donors (Lipinski definition) is 0. The fourth-order valence-corrected chi connectivity index (χ4v) is 4.48. The quantitative estimate of drug-likeness (QED) is 0.477. The Labute approximate surface area is 207 Å². The van der Waals surface area contributed by atoms with Crippen molar-refractivity contribution in [1.82, 2.24) is 14.9 Å². The smallest absolute Gasteiger partial charge is 0.255 e. The van der Waals surface area contributed by atoms with E-state index in [1.165, 1.54) is 19.5 Å². The van der Waals surface area contributed by atoms with Crippen molar-refractivity contribution < 1.29 is 14.3 Å². The van der Waals surface area contributed by atoms with Crippen LogP contribution in [0, 0.1) is 17.2 Å². The van der Waals surface area contributed by atoms with E-state index in [1.807, 2.05) is 25.1 Å². The van der Waals surface area contributed by atoms with Gasteiger partial charge in [0.15, 0.2) is 0 Å². The Bertz CT molecular complexity index is 1210. The molecule has 0 radical (unpaired) electrons. The monoisotopic (exact) mass is 496 g/mol. The van der Waals surface area contributed by atoms with Crippen LogP contribution in [0.4, 0.5) is 0 Å². The molecule has 3 atom stereocenters. The molecule has 1 aliphatic rings. The predicted octanol–water partition coefficient (Wildman–Crippen LogP) is 4.99. The number of methoxy groups -OCH3 is 1. The van der Waals surface area contributed by atoms with Crippen LogP contribution in [-0.2, 0) is 0 Å². The second kappa shape index (κ2) is 10.3. The lowest BCUT2D eigenvalue weighted by Crippen LogP contribution is -2.32. The third kappa shape index (κ3) is 5.09. The minimum Gasteiger partial charge on any atom is -0.481 e. The van der Waals surface area contributed by atoms with Crippen LogP contribution >= 0.6 is 23.2 Å². The minimum atomic E-state index is -0.272. The lowest BCUT2D eigenvalue weighted by molar-refractivity contribution is 0.0769. The molecule has 0 bridgehead atoms. The molecule has 7 nitrogen and oxygen atoms in total. The van der Waals surface area contributed by atoms with Crippen molar-refractivity contribution in [2.24, 2.45) is 5.92 Å². The van der Waals surface area contributed by atoms with Crippen LogP contribution in [0.1, 0.15) is 34.3 Å². The van der Waals surface area contributed by atoms with E-state index in [4.69, 9.17) is 37.9 Å². The molecule has 9 heteroatoms. The fourth-order valence-electron chi connectivity index (χ4n) is 4.17. The maximum absolute atomic E-state index is 13.3. The van der Waals surface area contributed by atoms with Crippen molar-refractivity contribution in [3.05, 3.63) is 81.6 Å². The van der Waals surface area contributed by atoms with Gasteiger partial charge in [0.1, 0.15) is 12.2 Å². The molecule has 3 aromatic rings. The van der Waals surface area contributed by atoms with Gasteiger partial charge in [0.25, 0.3) is 5.91 Å². The van der Waals surface area contributed by atoms with Gasteiger partial charge in [-0.25, -0.2) is 9.97 Å². The maximum Gasteiger partial charge on any atom is 0.255 e. The van der Waals surface area contributed by atoms with Crippen molar-refractivity contribution in [1.29, 1.82) is 5.26 Å². The molecule has 3 heterocycles. The summed E-state index contributed by atoms with van der Waals surface area (Å²) >= 11 is 12.4. The number of nitrogens with zero attached hydrogens (tertiary/aromatic N) is 4. The molecular weight excluding hydrogens is 475 g/mol. The first-order valence-electron chi connectivity index (χ1n) is 10.7. The third-order valence-electron chi connectivity index (χ3n) is 5.99. The number of carbonyl (C=O) groups is 1. The summed E-state index contributed by atoms with van der Waals surface area (Å²) in [5, 5.41) is 9.93. The van der Waals surface area contributed by atoms with E-state index in [-0.39, 0.29) is 23.8 Å². The molecule has 2 aromatic heterocycles. The Morgan fingerprint density at radius 2 is 1.85 bits per heavy atom. The van der Waals surface area contributed by atoms with Gasteiger partial charge in [-0.3, -0.25) is 4.79 Å². The molecule has 34 heavy (non-hydrogen) atoms. The van der Waals surface area contributed by atoms with E-state index in [0.717, 1.165) is 5.56 Å². The van der Waals surface area contributed by atoms with Crippen LogP contribution in [-0.4, -0.2) is 47.1 Å². The molecule has 1 aliphatic heterocycles. The van der Waals surface area contributed by atoms with Gasteiger partial charge < -0.3 is 14.4 Å². The van der Waals surface area contributed by atoms with E-state index >= 15 is 0 Å². The zero-order valence-electron chi connectivity index (χ0n) is 18.6. The van der Waals surface area contributed by atoms with Crippen molar-refractivity contribution in [2.75, 3.05) is 20.2 Å². The zero-order valence-corrected chi connectivity index (χ0v) is 20.1. The number of nitriles is 1. The van der Waals surface area contributed by atoms with E-state index in [2.05, 4.69) is 9.97 Å². The lowest BCUT2D eigenvalue weighted by atomic mass is 9.86. The van der Waals surface area contributed by atoms with Gasteiger partial charge in [0, 0.05) is 49.5 Å². The normalized spacial score (nSPS) is 18.3. The van der Waals surface area contributed by atoms with Crippen LogP contribution in [0.25, 0.3) is 0 Å². The van der Waals surface area contributed by atoms with Gasteiger partial charge in [0.2, 0.25) is 11.8 Å². The summed E-state index contributed by atoms with van der Waals surface area (Å²) in [6.07, 6.45) is 2.72. The van der Waals surface area contributed by atoms with Gasteiger partial charge in [-0.15, -0.1) is 0 Å². The number of carbonyl (C=O) groups excluding carboxylic acids is 1. The highest BCUT2D eigenvalue weighted by Crippen LogP contribution is 2.38. The van der Waals surface area contributed by atoms with Gasteiger partial charge in [-0.05, 0) is 36.8 Å². The molecule has 0 aliphatic carbocycles. The summed E-state index contributed by atoms with van der Waals surface area (Å²) in [6.45, 7) is 2.92. The van der Waals surface area contributed by atoms with E-state index in [9.17, 15) is 4.79 Å². The number of pyridine rings is 2. The first kappa shape index (κ1) is 23.8. The largest absolute Gasteiger partial charge is 0.481 e.